The van der Waals surface area contributed by atoms with Crippen LogP contribution in [0.5, 0.6) is 0 Å². The Kier molecular flexibility index (Phi) is 7.85. The molecule has 0 amide bonds. The van der Waals surface area contributed by atoms with Crippen molar-refractivity contribution in [3.05, 3.63) is 218 Å². The summed E-state index contributed by atoms with van der Waals surface area (Å²) in [5.41, 5.74) is 18.4. The average Bonchev–Trinajstić information content (AvgIpc) is 3.56. The highest BCUT2D eigenvalue weighted by Crippen LogP contribution is 2.55. The molecule has 61 heavy (non-hydrogen) atoms. The fraction of sp³-hybridized carbons (Fsp3) is 0.0526. The van der Waals surface area contributed by atoms with Gasteiger partial charge in [-0.25, -0.2) is 4.98 Å². The lowest BCUT2D eigenvalue weighted by atomic mass is 9.82. The summed E-state index contributed by atoms with van der Waals surface area (Å²) >= 11 is 0. The first-order valence-electron chi connectivity index (χ1n) is 21.0. The average molecular weight is 781 g/mol. The monoisotopic (exact) mass is 780 g/mol. The third-order valence-corrected chi connectivity index (χ3v) is 12.8. The molecule has 2 aromatic heterocycles. The van der Waals surface area contributed by atoms with E-state index in [0.717, 1.165) is 72.6 Å². The molecule has 4 nitrogen and oxygen atoms in total. The molecule has 4 heteroatoms. The topological polar surface area (TPSA) is 32.3 Å². The molecular weight excluding hydrogens is 741 g/mol. The number of hydrogen-bond acceptors (Lipinski definition) is 4. The number of pyridine rings is 2. The number of benzene rings is 8. The van der Waals surface area contributed by atoms with Gasteiger partial charge in [0.05, 0.1) is 28.0 Å². The highest BCUT2D eigenvalue weighted by atomic mass is 15.2. The molecule has 0 saturated carbocycles. The van der Waals surface area contributed by atoms with E-state index in [9.17, 15) is 0 Å². The van der Waals surface area contributed by atoms with Crippen LogP contribution in [0.4, 0.5) is 34.3 Å². The number of aromatic nitrogens is 2. The van der Waals surface area contributed by atoms with Gasteiger partial charge in [0.1, 0.15) is 5.82 Å². The summed E-state index contributed by atoms with van der Waals surface area (Å²) in [6.45, 7) is 4.69. The van der Waals surface area contributed by atoms with Crippen LogP contribution in [0.25, 0.3) is 66.3 Å². The van der Waals surface area contributed by atoms with Crippen LogP contribution < -0.4 is 9.80 Å². The van der Waals surface area contributed by atoms with Gasteiger partial charge in [-0.3, -0.25) is 9.88 Å². The number of fused-ring (bicyclic) bond motifs is 7. The quantitative estimate of drug-likeness (QED) is 0.157. The number of nitrogens with zero attached hydrogens (tertiary/aromatic N) is 4. The summed E-state index contributed by atoms with van der Waals surface area (Å²) in [6.07, 6.45) is 1.94. The van der Waals surface area contributed by atoms with Crippen molar-refractivity contribution in [2.45, 2.75) is 19.3 Å². The fourth-order valence-electron chi connectivity index (χ4n) is 9.89. The van der Waals surface area contributed by atoms with Gasteiger partial charge in [-0.1, -0.05) is 147 Å². The van der Waals surface area contributed by atoms with Crippen LogP contribution in [0.1, 0.15) is 25.0 Å². The van der Waals surface area contributed by atoms with E-state index in [1.165, 1.54) is 39.1 Å². The second-order valence-corrected chi connectivity index (χ2v) is 16.6. The largest absolute Gasteiger partial charge is 0.310 e. The third-order valence-electron chi connectivity index (χ3n) is 12.8. The molecule has 0 atom stereocenters. The summed E-state index contributed by atoms with van der Waals surface area (Å²) in [4.78, 5) is 15.1. The van der Waals surface area contributed by atoms with Gasteiger partial charge < -0.3 is 4.90 Å². The zero-order valence-electron chi connectivity index (χ0n) is 33.9. The summed E-state index contributed by atoms with van der Waals surface area (Å²) < 4.78 is 0. The van der Waals surface area contributed by atoms with Crippen LogP contribution in [0.3, 0.4) is 0 Å². The molecule has 10 aromatic rings. The minimum absolute atomic E-state index is 0.111. The van der Waals surface area contributed by atoms with Crippen LogP contribution in [-0.2, 0) is 5.41 Å². The molecule has 12 rings (SSSR count). The first kappa shape index (κ1) is 35.2. The van der Waals surface area contributed by atoms with Crippen molar-refractivity contribution in [3.63, 3.8) is 0 Å². The lowest BCUT2D eigenvalue weighted by molar-refractivity contribution is 0.660. The maximum atomic E-state index is 5.29. The molecule has 0 unspecified atom stereocenters. The van der Waals surface area contributed by atoms with Gasteiger partial charge in [0.15, 0.2) is 0 Å². The van der Waals surface area contributed by atoms with E-state index < -0.39 is 0 Å². The van der Waals surface area contributed by atoms with Crippen molar-refractivity contribution >= 4 is 55.9 Å². The van der Waals surface area contributed by atoms with Gasteiger partial charge in [-0.15, -0.1) is 0 Å². The second-order valence-electron chi connectivity index (χ2n) is 16.6. The van der Waals surface area contributed by atoms with Crippen LogP contribution >= 0.6 is 0 Å². The van der Waals surface area contributed by atoms with E-state index in [0.29, 0.717) is 0 Å². The van der Waals surface area contributed by atoms with Crippen molar-refractivity contribution < 1.29 is 0 Å². The molecule has 0 bridgehead atoms. The van der Waals surface area contributed by atoms with Gasteiger partial charge in [-0.05, 0) is 111 Å². The van der Waals surface area contributed by atoms with Crippen LogP contribution in [0.15, 0.2) is 206 Å². The molecule has 0 saturated heterocycles. The van der Waals surface area contributed by atoms with Crippen LogP contribution in [-0.4, -0.2) is 9.97 Å². The van der Waals surface area contributed by atoms with Crippen molar-refractivity contribution in [1.82, 2.24) is 9.97 Å². The van der Waals surface area contributed by atoms with Gasteiger partial charge >= 0.3 is 0 Å². The van der Waals surface area contributed by atoms with Gasteiger partial charge in [0.2, 0.25) is 0 Å². The lowest BCUT2D eigenvalue weighted by Gasteiger charge is -2.32. The Morgan fingerprint density at radius 1 is 0.492 bits per heavy atom. The zero-order chi connectivity index (χ0) is 40.7. The summed E-state index contributed by atoms with van der Waals surface area (Å²) in [7, 11) is 0. The standard InChI is InChI=1S/C57H40N4/c1-57(2)48-20-11-9-19-46(48)53-49(57)21-13-23-52(53)60(42-29-24-38(25-30-42)37-14-5-3-6-15-37)43-31-26-39(27-32-43)40-28-33-51-47(36-40)55-54-45(34-35-58-55)44-18-10-12-22-50(44)59-56(54)61(51)41-16-7-4-8-17-41/h3-36H,1-2H3. The van der Waals surface area contributed by atoms with E-state index in [2.05, 4.69) is 224 Å². The van der Waals surface area contributed by atoms with E-state index in [4.69, 9.17) is 9.97 Å². The van der Waals surface area contributed by atoms with Crippen molar-refractivity contribution in [2.75, 3.05) is 9.80 Å². The van der Waals surface area contributed by atoms with Gasteiger partial charge in [-0.2, -0.15) is 0 Å². The maximum Gasteiger partial charge on any atom is 0.148 e. The summed E-state index contributed by atoms with van der Waals surface area (Å²) in [5.74, 6) is 0.905. The number of para-hydroxylation sites is 2. The Balaban J connectivity index is 1.000. The molecular formula is C57H40N4. The molecule has 0 radical (unpaired) electrons. The molecule has 0 spiro atoms. The maximum absolute atomic E-state index is 5.29. The fourth-order valence-corrected chi connectivity index (χ4v) is 9.89. The molecule has 1 aliphatic carbocycles. The van der Waals surface area contributed by atoms with Crippen molar-refractivity contribution in [2.24, 2.45) is 0 Å². The Morgan fingerprint density at radius 2 is 1.11 bits per heavy atom. The predicted molar refractivity (Wildman–Crippen MR) is 254 cm³/mol. The molecule has 0 fully saturated rings. The normalized spacial score (nSPS) is 13.2. The second kappa shape index (κ2) is 13.6. The Bertz CT molecular complexity index is 3320. The van der Waals surface area contributed by atoms with Crippen molar-refractivity contribution in [3.8, 4) is 44.6 Å². The molecule has 288 valence electrons. The predicted octanol–water partition coefficient (Wildman–Crippen LogP) is 15.3. The van der Waals surface area contributed by atoms with Crippen molar-refractivity contribution in [1.29, 1.82) is 0 Å². The lowest BCUT2D eigenvalue weighted by Crippen LogP contribution is -2.17. The van der Waals surface area contributed by atoms with Crippen LogP contribution in [0, 0.1) is 0 Å². The van der Waals surface area contributed by atoms with E-state index in [1.54, 1.807) is 0 Å². The van der Waals surface area contributed by atoms with E-state index in [1.807, 2.05) is 6.20 Å². The minimum Gasteiger partial charge on any atom is -0.310 e. The highest BCUT2D eigenvalue weighted by Gasteiger charge is 2.38. The molecule has 0 N–H and O–H groups in total. The first-order valence-corrected chi connectivity index (χ1v) is 21.0. The van der Waals surface area contributed by atoms with E-state index in [-0.39, 0.29) is 5.41 Å². The Morgan fingerprint density at radius 3 is 1.89 bits per heavy atom. The Hall–Kier alpha value is -7.82. The minimum atomic E-state index is -0.111. The summed E-state index contributed by atoms with van der Waals surface area (Å²) in [5, 5.41) is 3.35. The molecule has 8 aromatic carbocycles. The summed E-state index contributed by atoms with van der Waals surface area (Å²) in [6, 6.07) is 72.2. The number of rotatable bonds is 6. The molecule has 2 aliphatic rings. The highest BCUT2D eigenvalue weighted by molar-refractivity contribution is 6.19. The first-order chi connectivity index (χ1) is 30.0. The third kappa shape index (κ3) is 5.46. The van der Waals surface area contributed by atoms with Gasteiger partial charge in [0, 0.05) is 45.2 Å². The van der Waals surface area contributed by atoms with Gasteiger partial charge in [0.25, 0.3) is 0 Å². The number of hydrogen-bond donors (Lipinski definition) is 0. The molecule has 1 aliphatic heterocycles. The van der Waals surface area contributed by atoms with E-state index >= 15 is 0 Å². The zero-order valence-corrected chi connectivity index (χ0v) is 33.9. The SMILES string of the molecule is CC1(C)c2ccccc2-c2c(N(c3ccc(-c4ccccc4)cc3)c3ccc(-c4ccc5c(c4)-c4nccc6c4c(nc4ccccc46)N5c4ccccc4)cc3)cccc21. The molecule has 3 heterocycles. The van der Waals surface area contributed by atoms with Crippen LogP contribution in [0.2, 0.25) is 0 Å². The Labute approximate surface area is 355 Å². The number of anilines is 6. The smallest absolute Gasteiger partial charge is 0.148 e.